The molecule has 0 N–H and O–H groups in total. The van der Waals surface area contributed by atoms with Crippen LogP contribution in [0.25, 0.3) is 0 Å². The smallest absolute Gasteiger partial charge is 0.259 e. The number of hydrogen-bond acceptors (Lipinski definition) is 3. The molecule has 0 rings (SSSR count). The summed E-state index contributed by atoms with van der Waals surface area (Å²) in [6.45, 7) is 1.11. The van der Waals surface area contributed by atoms with Gasteiger partial charge in [0.2, 0.25) is 0 Å². The largest absolute Gasteiger partial charge is 0.272 e. The average Bonchev–Trinajstić information content (AvgIpc) is 1.65. The summed E-state index contributed by atoms with van der Waals surface area (Å²) in [4.78, 5) is 9.86. The van der Waals surface area contributed by atoms with Crippen molar-refractivity contribution >= 4 is 28.5 Å². The van der Waals surface area contributed by atoms with Gasteiger partial charge in [-0.25, -0.2) is 0 Å². The number of hydrogen-bond donors (Lipinski definition) is 1. The molecule has 0 saturated carbocycles. The number of thiol groups is 1. The number of halogens is 1. The van der Waals surface area contributed by atoms with E-state index in [-0.39, 0.29) is 4.53 Å². The van der Waals surface area contributed by atoms with E-state index >= 15 is 0 Å². The van der Waals surface area contributed by atoms with Crippen molar-refractivity contribution < 1.29 is 9.28 Å². The van der Waals surface area contributed by atoms with Gasteiger partial charge in [-0.05, 0) is 0 Å². The zero-order valence-electron chi connectivity index (χ0n) is 3.59. The van der Waals surface area contributed by atoms with Crippen LogP contribution in [0.1, 0.15) is 6.92 Å². The third kappa shape index (κ3) is 2.76. The molecule has 0 aromatic carbocycles. The minimum Gasteiger partial charge on any atom is -0.272 e. The second-order valence-electron chi connectivity index (χ2n) is 0.845. The van der Waals surface area contributed by atoms with Crippen molar-refractivity contribution in [1.29, 1.82) is 0 Å². The number of carbonyl (C=O) groups excluding carboxylic acids is 1. The summed E-state index contributed by atoms with van der Waals surface area (Å²) < 4.78 is 11.6. The van der Waals surface area contributed by atoms with E-state index in [2.05, 4.69) is 11.7 Å². The van der Waals surface area contributed by atoms with E-state index in [1.165, 1.54) is 0 Å². The minimum absolute atomic E-state index is 0.0664. The Bertz CT molecular complexity index is 78.1. The quantitative estimate of drug-likeness (QED) is 0.256. The Morgan fingerprint density at radius 3 is 2.43 bits per heavy atom. The third-order valence-corrected chi connectivity index (χ3v) is 1.15. The molecule has 0 bridgehead atoms. The highest BCUT2D eigenvalue weighted by atomic mass is 33.1. The Kier molecular flexibility index (Phi) is 3.19. The molecule has 0 fully saturated rings. The first-order chi connectivity index (χ1) is 3.18. The highest BCUT2D eigenvalue weighted by molar-refractivity contribution is 8.67. The van der Waals surface area contributed by atoms with E-state index in [4.69, 9.17) is 0 Å². The fourth-order valence-electron chi connectivity index (χ4n) is 0.0575. The van der Waals surface area contributed by atoms with Crippen LogP contribution < -0.4 is 0 Å². The second-order valence-corrected chi connectivity index (χ2v) is 1.82. The standard InChI is InChI=1S/C2H4FNOS2/c1-2(5)4(3)7-6/h6H,1H3. The van der Waals surface area contributed by atoms with Crippen molar-refractivity contribution in [3.8, 4) is 0 Å². The lowest BCUT2D eigenvalue weighted by molar-refractivity contribution is -0.132. The molecule has 0 spiro atoms. The predicted octanol–water partition coefficient (Wildman–Crippen LogP) is 1.21. The van der Waals surface area contributed by atoms with Gasteiger partial charge in [-0.2, -0.15) is 0 Å². The fourth-order valence-corrected chi connectivity index (χ4v) is 0.517. The van der Waals surface area contributed by atoms with Crippen molar-refractivity contribution in [2.45, 2.75) is 6.92 Å². The van der Waals surface area contributed by atoms with Gasteiger partial charge >= 0.3 is 0 Å². The highest BCUT2D eigenvalue weighted by Gasteiger charge is 2.02. The minimum atomic E-state index is -0.653. The number of nitrogens with zero attached hydrogens (tertiary/aromatic N) is 1. The normalized spacial score (nSPS) is 8.43. The van der Waals surface area contributed by atoms with E-state index < -0.39 is 5.91 Å². The zero-order chi connectivity index (χ0) is 5.86. The SMILES string of the molecule is CC(=O)N(F)SS. The van der Waals surface area contributed by atoms with Gasteiger partial charge in [0.1, 0.15) is 0 Å². The third-order valence-electron chi connectivity index (χ3n) is 0.319. The van der Waals surface area contributed by atoms with Crippen LogP contribution in [0.3, 0.4) is 0 Å². The Morgan fingerprint density at radius 1 is 2.00 bits per heavy atom. The van der Waals surface area contributed by atoms with Crippen LogP contribution in [0.4, 0.5) is 4.48 Å². The molecule has 0 aliphatic carbocycles. The molecule has 0 atom stereocenters. The van der Waals surface area contributed by atoms with E-state index in [0.717, 1.165) is 6.92 Å². The lowest BCUT2D eigenvalue weighted by atomic mass is 10.8. The summed E-state index contributed by atoms with van der Waals surface area (Å²) in [5, 5.41) is 0. The first kappa shape index (κ1) is 7.10. The summed E-state index contributed by atoms with van der Waals surface area (Å²) in [5.74, 6) is -0.653. The predicted molar refractivity (Wildman–Crippen MR) is 30.2 cm³/mol. The van der Waals surface area contributed by atoms with Gasteiger partial charge in [0.05, 0.1) is 11.0 Å². The van der Waals surface area contributed by atoms with Crippen LogP contribution in [-0.2, 0) is 4.79 Å². The first-order valence-electron chi connectivity index (χ1n) is 1.46. The highest BCUT2D eigenvalue weighted by Crippen LogP contribution is 2.13. The molecule has 0 aliphatic rings. The maximum atomic E-state index is 11.6. The van der Waals surface area contributed by atoms with Crippen molar-refractivity contribution in [3.05, 3.63) is 0 Å². The molecule has 2 nitrogen and oxygen atoms in total. The molecule has 42 valence electrons. The van der Waals surface area contributed by atoms with Crippen LogP contribution in [-0.4, -0.2) is 10.4 Å². The molecule has 0 aromatic rings. The molecule has 0 unspecified atom stereocenters. The molecular formula is C2H4FNOS2. The van der Waals surface area contributed by atoms with Crippen LogP contribution in [0, 0.1) is 0 Å². The summed E-state index contributed by atoms with van der Waals surface area (Å²) in [6.07, 6.45) is 0. The van der Waals surface area contributed by atoms with Crippen molar-refractivity contribution in [2.75, 3.05) is 0 Å². The monoisotopic (exact) mass is 141 g/mol. The topological polar surface area (TPSA) is 20.3 Å². The van der Waals surface area contributed by atoms with E-state index in [9.17, 15) is 9.28 Å². The summed E-state index contributed by atoms with van der Waals surface area (Å²) >= 11 is 3.40. The lowest BCUT2D eigenvalue weighted by Crippen LogP contribution is -2.07. The molecule has 0 radical (unpaired) electrons. The van der Waals surface area contributed by atoms with Gasteiger partial charge in [0, 0.05) is 6.92 Å². The molecule has 0 saturated heterocycles. The molecule has 0 heterocycles. The molecular weight excluding hydrogens is 137 g/mol. The summed E-state index contributed by atoms with van der Waals surface area (Å²) in [5.41, 5.74) is 0. The summed E-state index contributed by atoms with van der Waals surface area (Å²) in [7, 11) is 0.444. The first-order valence-corrected chi connectivity index (χ1v) is 3.29. The second kappa shape index (κ2) is 3.15. The Labute approximate surface area is 49.9 Å². The van der Waals surface area contributed by atoms with E-state index in [1.807, 2.05) is 0 Å². The van der Waals surface area contributed by atoms with Gasteiger partial charge in [-0.15, -0.1) is 4.53 Å². The Morgan fingerprint density at radius 2 is 2.43 bits per heavy atom. The molecule has 0 aliphatic heterocycles. The van der Waals surface area contributed by atoms with Crippen LogP contribution in [0.15, 0.2) is 0 Å². The fraction of sp³-hybridized carbons (Fsp3) is 0.500. The number of amides is 1. The van der Waals surface area contributed by atoms with Gasteiger partial charge in [-0.3, -0.25) is 4.79 Å². The Balaban J connectivity index is 3.34. The van der Waals surface area contributed by atoms with Gasteiger partial charge in [0.25, 0.3) is 5.91 Å². The lowest BCUT2D eigenvalue weighted by Gasteiger charge is -1.98. The summed E-state index contributed by atoms with van der Waals surface area (Å²) in [6, 6.07) is 0. The number of rotatable bonds is 1. The van der Waals surface area contributed by atoms with Crippen molar-refractivity contribution in [1.82, 2.24) is 4.53 Å². The molecule has 0 aromatic heterocycles. The zero-order valence-corrected chi connectivity index (χ0v) is 5.30. The van der Waals surface area contributed by atoms with Gasteiger partial charge < -0.3 is 0 Å². The Hall–Kier alpha value is 0.1000. The van der Waals surface area contributed by atoms with Gasteiger partial charge in [0.15, 0.2) is 0 Å². The van der Waals surface area contributed by atoms with E-state index in [0.29, 0.717) is 11.0 Å². The molecule has 7 heavy (non-hydrogen) atoms. The number of carbonyl (C=O) groups is 1. The molecule has 1 amide bonds. The van der Waals surface area contributed by atoms with Crippen LogP contribution in [0.2, 0.25) is 0 Å². The van der Waals surface area contributed by atoms with Crippen molar-refractivity contribution in [3.63, 3.8) is 0 Å². The van der Waals surface area contributed by atoms with Crippen LogP contribution in [0.5, 0.6) is 0 Å². The average molecular weight is 141 g/mol. The van der Waals surface area contributed by atoms with Crippen LogP contribution >= 0.6 is 22.6 Å². The maximum absolute atomic E-state index is 11.6. The van der Waals surface area contributed by atoms with E-state index in [1.54, 1.807) is 0 Å². The van der Waals surface area contributed by atoms with Gasteiger partial charge in [-0.1, -0.05) is 16.1 Å². The maximum Gasteiger partial charge on any atom is 0.259 e. The van der Waals surface area contributed by atoms with Crippen molar-refractivity contribution in [2.24, 2.45) is 0 Å². The molecule has 5 heteroatoms.